The van der Waals surface area contributed by atoms with Crippen LogP contribution >= 0.6 is 0 Å². The van der Waals surface area contributed by atoms with Crippen molar-refractivity contribution in [3.8, 4) is 11.1 Å². The molecule has 3 N–H and O–H groups in total. The SMILES string of the molecule is CC(Cc1cc(=O)n(C)c(N)n1)c1ccc(-c2cccc(CCCO)c2)cc1. The molecule has 3 rings (SSSR count). The second kappa shape index (κ2) is 8.85. The fraction of sp³-hybridized carbons (Fsp3) is 0.304. The third kappa shape index (κ3) is 4.67. The van der Waals surface area contributed by atoms with Crippen LogP contribution in [0, 0.1) is 0 Å². The van der Waals surface area contributed by atoms with Gasteiger partial charge in [0.25, 0.3) is 5.56 Å². The number of aryl methyl sites for hydroxylation is 1. The molecule has 2 aromatic carbocycles. The molecular formula is C23H27N3O2. The number of nitrogens with zero attached hydrogens (tertiary/aromatic N) is 2. The molecule has 0 fully saturated rings. The number of aromatic nitrogens is 2. The molecular weight excluding hydrogens is 350 g/mol. The third-order valence-corrected chi connectivity index (χ3v) is 5.10. The van der Waals surface area contributed by atoms with E-state index in [1.54, 1.807) is 13.1 Å². The summed E-state index contributed by atoms with van der Waals surface area (Å²) in [6.45, 7) is 2.34. The predicted molar refractivity (Wildman–Crippen MR) is 113 cm³/mol. The summed E-state index contributed by atoms with van der Waals surface area (Å²) >= 11 is 0. The largest absolute Gasteiger partial charge is 0.396 e. The minimum absolute atomic E-state index is 0.133. The molecule has 0 aliphatic carbocycles. The standard InChI is InChI=1S/C23H27N3O2/c1-16(13-21-15-22(28)26(2)23(24)25-21)18-8-10-19(11-9-18)20-7-3-5-17(14-20)6-4-12-27/h3,5,7-11,14-16,27H,4,6,12-13H2,1-2H3,(H2,24,25). The summed E-state index contributed by atoms with van der Waals surface area (Å²) in [4.78, 5) is 16.2. The molecule has 0 spiro atoms. The summed E-state index contributed by atoms with van der Waals surface area (Å²) in [5.41, 5.74) is 11.2. The fourth-order valence-electron chi connectivity index (χ4n) is 3.34. The summed E-state index contributed by atoms with van der Waals surface area (Å²) in [6.07, 6.45) is 2.32. The Morgan fingerprint density at radius 1 is 1.11 bits per heavy atom. The maximum absolute atomic E-state index is 11.9. The lowest BCUT2D eigenvalue weighted by molar-refractivity contribution is 0.288. The van der Waals surface area contributed by atoms with Gasteiger partial charge in [-0.25, -0.2) is 4.98 Å². The topological polar surface area (TPSA) is 81.1 Å². The van der Waals surface area contributed by atoms with Crippen LogP contribution in [0.5, 0.6) is 0 Å². The maximum atomic E-state index is 11.9. The zero-order valence-electron chi connectivity index (χ0n) is 16.4. The molecule has 0 aliphatic rings. The summed E-state index contributed by atoms with van der Waals surface area (Å²) < 4.78 is 1.34. The Morgan fingerprint density at radius 2 is 1.86 bits per heavy atom. The molecule has 0 saturated carbocycles. The van der Waals surface area contributed by atoms with Gasteiger partial charge in [-0.3, -0.25) is 9.36 Å². The molecule has 5 heteroatoms. The lowest BCUT2D eigenvalue weighted by Gasteiger charge is -2.13. The highest BCUT2D eigenvalue weighted by molar-refractivity contribution is 5.64. The summed E-state index contributed by atoms with van der Waals surface area (Å²) in [5.74, 6) is 0.468. The molecule has 3 aromatic rings. The molecule has 1 aromatic heterocycles. The van der Waals surface area contributed by atoms with Gasteiger partial charge in [-0.2, -0.15) is 0 Å². The van der Waals surface area contributed by atoms with Crippen molar-refractivity contribution in [1.29, 1.82) is 0 Å². The smallest absolute Gasteiger partial charge is 0.254 e. The number of nitrogen functional groups attached to an aromatic ring is 1. The van der Waals surface area contributed by atoms with E-state index in [1.807, 2.05) is 0 Å². The average molecular weight is 377 g/mol. The van der Waals surface area contributed by atoms with Gasteiger partial charge in [-0.15, -0.1) is 0 Å². The van der Waals surface area contributed by atoms with Crippen LogP contribution in [0.2, 0.25) is 0 Å². The van der Waals surface area contributed by atoms with Crippen molar-refractivity contribution in [1.82, 2.24) is 9.55 Å². The van der Waals surface area contributed by atoms with Gasteiger partial charge in [0.15, 0.2) is 0 Å². The molecule has 146 valence electrons. The van der Waals surface area contributed by atoms with Crippen molar-refractivity contribution < 1.29 is 5.11 Å². The van der Waals surface area contributed by atoms with Crippen molar-refractivity contribution in [2.24, 2.45) is 7.05 Å². The second-order valence-corrected chi connectivity index (χ2v) is 7.26. The van der Waals surface area contributed by atoms with Gasteiger partial charge >= 0.3 is 0 Å². The Kier molecular flexibility index (Phi) is 6.26. The van der Waals surface area contributed by atoms with E-state index in [9.17, 15) is 4.79 Å². The Hall–Kier alpha value is -2.92. The predicted octanol–water partition coefficient (Wildman–Crippen LogP) is 3.30. The van der Waals surface area contributed by atoms with E-state index >= 15 is 0 Å². The second-order valence-electron chi connectivity index (χ2n) is 7.26. The molecule has 0 amide bonds. The number of hydrogen-bond acceptors (Lipinski definition) is 4. The molecule has 0 aliphatic heterocycles. The first-order valence-corrected chi connectivity index (χ1v) is 9.60. The highest BCUT2D eigenvalue weighted by atomic mass is 16.2. The van der Waals surface area contributed by atoms with Crippen molar-refractivity contribution in [3.05, 3.63) is 81.8 Å². The van der Waals surface area contributed by atoms with Gasteiger partial charge in [0.1, 0.15) is 0 Å². The van der Waals surface area contributed by atoms with E-state index < -0.39 is 0 Å². The van der Waals surface area contributed by atoms with Gasteiger partial charge in [-0.1, -0.05) is 55.5 Å². The normalized spacial score (nSPS) is 12.1. The van der Waals surface area contributed by atoms with Crippen molar-refractivity contribution >= 4 is 5.95 Å². The number of aliphatic hydroxyl groups is 1. The van der Waals surface area contributed by atoms with Gasteiger partial charge in [0.05, 0.1) is 5.69 Å². The highest BCUT2D eigenvalue weighted by Crippen LogP contribution is 2.25. The minimum Gasteiger partial charge on any atom is -0.396 e. The zero-order chi connectivity index (χ0) is 20.1. The van der Waals surface area contributed by atoms with E-state index in [1.165, 1.54) is 21.3 Å². The lowest BCUT2D eigenvalue weighted by Crippen LogP contribution is -2.22. The van der Waals surface area contributed by atoms with Gasteiger partial charge in [0, 0.05) is 19.7 Å². The lowest BCUT2D eigenvalue weighted by atomic mass is 9.93. The molecule has 0 radical (unpaired) electrons. The number of nitrogens with two attached hydrogens (primary N) is 1. The van der Waals surface area contributed by atoms with E-state index in [0.29, 0.717) is 12.1 Å². The Morgan fingerprint density at radius 3 is 2.54 bits per heavy atom. The number of hydrogen-bond donors (Lipinski definition) is 2. The maximum Gasteiger partial charge on any atom is 0.254 e. The fourth-order valence-corrected chi connectivity index (χ4v) is 3.34. The quantitative estimate of drug-likeness (QED) is 0.662. The van der Waals surface area contributed by atoms with Gasteiger partial charge in [0.2, 0.25) is 5.95 Å². The molecule has 5 nitrogen and oxygen atoms in total. The van der Waals surface area contributed by atoms with E-state index in [4.69, 9.17) is 10.8 Å². The molecule has 1 unspecified atom stereocenters. The number of benzene rings is 2. The zero-order valence-corrected chi connectivity index (χ0v) is 16.4. The molecule has 28 heavy (non-hydrogen) atoms. The Labute approximate surface area is 165 Å². The first-order chi connectivity index (χ1) is 13.5. The Balaban J connectivity index is 1.74. The highest BCUT2D eigenvalue weighted by Gasteiger charge is 2.11. The van der Waals surface area contributed by atoms with Crippen LogP contribution in [0.25, 0.3) is 11.1 Å². The van der Waals surface area contributed by atoms with Crippen LogP contribution < -0.4 is 11.3 Å². The van der Waals surface area contributed by atoms with Gasteiger partial charge < -0.3 is 10.8 Å². The minimum atomic E-state index is -0.133. The van der Waals surface area contributed by atoms with Crippen LogP contribution in [0.4, 0.5) is 5.95 Å². The van der Waals surface area contributed by atoms with Crippen LogP contribution in [-0.4, -0.2) is 21.3 Å². The number of anilines is 1. The summed E-state index contributed by atoms with van der Waals surface area (Å²) in [7, 11) is 1.62. The molecule has 1 heterocycles. The molecule has 1 atom stereocenters. The Bertz CT molecular complexity index is 993. The van der Waals surface area contributed by atoms with E-state index in [2.05, 4.69) is 60.4 Å². The van der Waals surface area contributed by atoms with Crippen molar-refractivity contribution in [3.63, 3.8) is 0 Å². The van der Waals surface area contributed by atoms with Crippen LogP contribution in [0.1, 0.15) is 36.1 Å². The number of rotatable bonds is 7. The summed E-state index contributed by atoms with van der Waals surface area (Å²) in [5, 5.41) is 9.02. The average Bonchev–Trinajstić information content (AvgIpc) is 2.70. The number of aliphatic hydroxyl groups excluding tert-OH is 1. The van der Waals surface area contributed by atoms with Crippen molar-refractivity contribution in [2.75, 3.05) is 12.3 Å². The van der Waals surface area contributed by atoms with Crippen LogP contribution in [0.3, 0.4) is 0 Å². The first kappa shape index (κ1) is 19.8. The van der Waals surface area contributed by atoms with Gasteiger partial charge in [-0.05, 0) is 47.4 Å². The van der Waals surface area contributed by atoms with E-state index in [0.717, 1.165) is 18.4 Å². The molecule has 0 bridgehead atoms. The van der Waals surface area contributed by atoms with Crippen LogP contribution in [-0.2, 0) is 19.9 Å². The monoisotopic (exact) mass is 377 g/mol. The molecule has 0 saturated heterocycles. The van der Waals surface area contributed by atoms with E-state index in [-0.39, 0.29) is 24.0 Å². The first-order valence-electron chi connectivity index (χ1n) is 9.60. The third-order valence-electron chi connectivity index (χ3n) is 5.10. The summed E-state index contributed by atoms with van der Waals surface area (Å²) in [6, 6.07) is 18.5. The van der Waals surface area contributed by atoms with Crippen LogP contribution in [0.15, 0.2) is 59.4 Å². The van der Waals surface area contributed by atoms with Crippen molar-refractivity contribution in [2.45, 2.75) is 32.1 Å².